The third-order valence-electron chi connectivity index (χ3n) is 3.89. The zero-order valence-corrected chi connectivity index (χ0v) is 12.5. The van der Waals surface area contributed by atoms with Crippen molar-refractivity contribution in [2.75, 3.05) is 27.2 Å². The maximum Gasteiger partial charge on any atom is 0.253 e. The third-order valence-corrected chi connectivity index (χ3v) is 3.89. The van der Waals surface area contributed by atoms with Crippen LogP contribution in [0, 0.1) is 5.92 Å². The number of aliphatic hydroxyl groups is 1. The van der Waals surface area contributed by atoms with Gasteiger partial charge in [-0.3, -0.25) is 4.79 Å². The minimum absolute atomic E-state index is 0.0737. The highest BCUT2D eigenvalue weighted by molar-refractivity contribution is 5.94. The molecule has 0 bridgehead atoms. The average Bonchev–Trinajstić information content (AvgIpc) is 2.88. The third kappa shape index (κ3) is 3.58. The van der Waals surface area contributed by atoms with E-state index >= 15 is 0 Å². The van der Waals surface area contributed by atoms with Crippen molar-refractivity contribution < 1.29 is 9.90 Å². The van der Waals surface area contributed by atoms with E-state index in [2.05, 4.69) is 4.90 Å². The average molecular weight is 276 g/mol. The van der Waals surface area contributed by atoms with E-state index in [-0.39, 0.29) is 17.9 Å². The van der Waals surface area contributed by atoms with Gasteiger partial charge in [-0.05, 0) is 45.1 Å². The first-order chi connectivity index (χ1) is 9.47. The minimum atomic E-state index is -0.338. The number of carbonyl (C=O) groups excluding carboxylic acids is 1. The first-order valence-electron chi connectivity index (χ1n) is 7.18. The lowest BCUT2D eigenvalue weighted by atomic mass is 10.0. The van der Waals surface area contributed by atoms with Gasteiger partial charge in [-0.25, -0.2) is 0 Å². The number of hydrogen-bond acceptors (Lipinski definition) is 3. The van der Waals surface area contributed by atoms with Crippen molar-refractivity contribution in [2.45, 2.75) is 26.0 Å². The van der Waals surface area contributed by atoms with Gasteiger partial charge in [-0.15, -0.1) is 0 Å². The molecular formula is C16H24N2O2. The lowest BCUT2D eigenvalue weighted by Crippen LogP contribution is -2.30. The van der Waals surface area contributed by atoms with Crippen LogP contribution in [0.2, 0.25) is 0 Å². The molecule has 1 aliphatic heterocycles. The van der Waals surface area contributed by atoms with Gasteiger partial charge in [0.15, 0.2) is 0 Å². The first-order valence-corrected chi connectivity index (χ1v) is 7.18. The van der Waals surface area contributed by atoms with Crippen LogP contribution in [0.1, 0.15) is 29.3 Å². The van der Waals surface area contributed by atoms with E-state index in [0.29, 0.717) is 6.54 Å². The van der Waals surface area contributed by atoms with Crippen molar-refractivity contribution >= 4 is 5.91 Å². The van der Waals surface area contributed by atoms with E-state index in [0.717, 1.165) is 25.1 Å². The predicted molar refractivity (Wildman–Crippen MR) is 79.5 cm³/mol. The van der Waals surface area contributed by atoms with Crippen LogP contribution in [0.25, 0.3) is 0 Å². The summed E-state index contributed by atoms with van der Waals surface area (Å²) in [4.78, 5) is 16.3. The molecular weight excluding hydrogens is 252 g/mol. The molecule has 0 saturated carbocycles. The van der Waals surface area contributed by atoms with Crippen LogP contribution >= 0.6 is 0 Å². The lowest BCUT2D eigenvalue weighted by Gasteiger charge is -2.18. The number of carbonyl (C=O) groups is 1. The molecule has 1 saturated heterocycles. The molecule has 1 aromatic rings. The lowest BCUT2D eigenvalue weighted by molar-refractivity contribution is 0.0762. The van der Waals surface area contributed by atoms with Gasteiger partial charge in [0, 0.05) is 31.1 Å². The molecule has 0 aromatic heterocycles. The Kier molecular flexibility index (Phi) is 4.78. The van der Waals surface area contributed by atoms with Crippen LogP contribution in [-0.2, 0) is 6.54 Å². The Morgan fingerprint density at radius 1 is 1.40 bits per heavy atom. The second-order valence-electron chi connectivity index (χ2n) is 5.98. The molecule has 1 amide bonds. The van der Waals surface area contributed by atoms with Crippen molar-refractivity contribution in [3.8, 4) is 0 Å². The summed E-state index contributed by atoms with van der Waals surface area (Å²) in [7, 11) is 4.05. The van der Waals surface area contributed by atoms with Gasteiger partial charge in [0.25, 0.3) is 5.91 Å². The van der Waals surface area contributed by atoms with Gasteiger partial charge in [-0.1, -0.05) is 12.1 Å². The second-order valence-corrected chi connectivity index (χ2v) is 5.98. The Labute approximate surface area is 121 Å². The fourth-order valence-corrected chi connectivity index (χ4v) is 2.67. The Hall–Kier alpha value is -1.39. The molecule has 2 unspecified atom stereocenters. The van der Waals surface area contributed by atoms with E-state index in [1.54, 1.807) is 6.92 Å². The van der Waals surface area contributed by atoms with Crippen LogP contribution < -0.4 is 0 Å². The molecule has 1 aromatic carbocycles. The van der Waals surface area contributed by atoms with Gasteiger partial charge < -0.3 is 14.9 Å². The highest BCUT2D eigenvalue weighted by atomic mass is 16.3. The van der Waals surface area contributed by atoms with E-state index in [9.17, 15) is 9.90 Å². The molecule has 2 atom stereocenters. The van der Waals surface area contributed by atoms with Crippen LogP contribution in [0.15, 0.2) is 24.3 Å². The summed E-state index contributed by atoms with van der Waals surface area (Å²) in [5.41, 5.74) is 1.94. The summed E-state index contributed by atoms with van der Waals surface area (Å²) in [6.07, 6.45) is 0.553. The molecule has 2 rings (SSSR count). The molecule has 1 heterocycles. The fourth-order valence-electron chi connectivity index (χ4n) is 2.67. The van der Waals surface area contributed by atoms with E-state index in [4.69, 9.17) is 0 Å². The maximum atomic E-state index is 12.4. The number of aliphatic hydroxyl groups excluding tert-OH is 1. The van der Waals surface area contributed by atoms with Crippen molar-refractivity contribution in [3.05, 3.63) is 35.4 Å². The minimum Gasteiger partial charge on any atom is -0.393 e. The topological polar surface area (TPSA) is 43.8 Å². The normalized spacial score (nSPS) is 20.4. The van der Waals surface area contributed by atoms with Gasteiger partial charge >= 0.3 is 0 Å². The van der Waals surface area contributed by atoms with Crippen LogP contribution in [-0.4, -0.2) is 54.1 Å². The second kappa shape index (κ2) is 6.37. The quantitative estimate of drug-likeness (QED) is 0.908. The van der Waals surface area contributed by atoms with Gasteiger partial charge in [0.1, 0.15) is 0 Å². The molecule has 1 aliphatic rings. The Balaban J connectivity index is 1.99. The zero-order valence-electron chi connectivity index (χ0n) is 12.5. The van der Waals surface area contributed by atoms with Gasteiger partial charge in [0.2, 0.25) is 0 Å². The summed E-state index contributed by atoms with van der Waals surface area (Å²) in [5.74, 6) is 0.288. The molecule has 4 nitrogen and oxygen atoms in total. The highest BCUT2D eigenvalue weighted by Gasteiger charge is 2.29. The molecule has 0 radical (unpaired) electrons. The fraction of sp³-hybridized carbons (Fsp3) is 0.562. The monoisotopic (exact) mass is 276 g/mol. The molecule has 1 fully saturated rings. The van der Waals surface area contributed by atoms with Gasteiger partial charge in [-0.2, -0.15) is 0 Å². The molecule has 0 aliphatic carbocycles. The zero-order chi connectivity index (χ0) is 14.7. The number of hydrogen-bond donors (Lipinski definition) is 1. The van der Waals surface area contributed by atoms with Crippen molar-refractivity contribution in [1.29, 1.82) is 0 Å². The largest absolute Gasteiger partial charge is 0.393 e. The number of benzene rings is 1. The van der Waals surface area contributed by atoms with Crippen LogP contribution in [0.5, 0.6) is 0 Å². The van der Waals surface area contributed by atoms with Gasteiger partial charge in [0.05, 0.1) is 6.10 Å². The Bertz CT molecular complexity index is 454. The molecule has 110 valence electrons. The SMILES string of the molecule is CC(O)C1CCN(C(=O)c2ccc(CN(C)C)cc2)C1. The van der Waals surface area contributed by atoms with Crippen molar-refractivity contribution in [2.24, 2.45) is 5.92 Å². The smallest absolute Gasteiger partial charge is 0.253 e. The molecule has 20 heavy (non-hydrogen) atoms. The van der Waals surface area contributed by atoms with E-state index < -0.39 is 0 Å². The summed E-state index contributed by atoms with van der Waals surface area (Å²) < 4.78 is 0. The number of rotatable bonds is 4. The standard InChI is InChI=1S/C16H24N2O2/c1-12(19)15-8-9-18(11-15)16(20)14-6-4-13(5-7-14)10-17(2)3/h4-7,12,15,19H,8-11H2,1-3H3. The summed E-state index contributed by atoms with van der Waals surface area (Å²) in [6.45, 7) is 4.08. The summed E-state index contributed by atoms with van der Waals surface area (Å²) in [5, 5.41) is 9.60. The first kappa shape index (κ1) is 15.0. The molecule has 0 spiro atoms. The Morgan fingerprint density at radius 2 is 2.05 bits per heavy atom. The predicted octanol–water partition coefficient (Wildman–Crippen LogP) is 1.59. The molecule has 4 heteroatoms. The number of nitrogens with zero attached hydrogens (tertiary/aromatic N) is 2. The van der Waals surface area contributed by atoms with Crippen LogP contribution in [0.4, 0.5) is 0 Å². The van der Waals surface area contributed by atoms with Crippen molar-refractivity contribution in [1.82, 2.24) is 9.80 Å². The maximum absolute atomic E-state index is 12.4. The molecule has 1 N–H and O–H groups in total. The summed E-state index contributed by atoms with van der Waals surface area (Å²) in [6, 6.07) is 7.82. The highest BCUT2D eigenvalue weighted by Crippen LogP contribution is 2.21. The van der Waals surface area contributed by atoms with Crippen LogP contribution in [0.3, 0.4) is 0 Å². The van der Waals surface area contributed by atoms with E-state index in [1.165, 1.54) is 5.56 Å². The Morgan fingerprint density at radius 3 is 2.55 bits per heavy atom. The van der Waals surface area contributed by atoms with Crippen molar-refractivity contribution in [3.63, 3.8) is 0 Å². The van der Waals surface area contributed by atoms with E-state index in [1.807, 2.05) is 43.3 Å². The number of likely N-dealkylation sites (tertiary alicyclic amines) is 1. The number of amides is 1. The summed E-state index contributed by atoms with van der Waals surface area (Å²) >= 11 is 0.